The van der Waals surface area contributed by atoms with Gasteiger partial charge in [0.05, 0.1) is 13.0 Å². The highest BCUT2D eigenvalue weighted by Gasteiger charge is 2.39. The Kier molecular flexibility index (Phi) is 4.96. The lowest BCUT2D eigenvalue weighted by Crippen LogP contribution is -2.18. The zero-order chi connectivity index (χ0) is 15.5. The Morgan fingerprint density at radius 1 is 1.40 bits per heavy atom. The number of aromatic nitrogens is 1. The average molecular weight is 301 g/mol. The van der Waals surface area contributed by atoms with E-state index < -0.39 is 47.8 Å². The molecule has 0 aromatic carbocycles. The van der Waals surface area contributed by atoms with Crippen molar-refractivity contribution in [2.75, 3.05) is 6.61 Å². The number of rotatable bonds is 4. The van der Waals surface area contributed by atoms with Gasteiger partial charge in [-0.2, -0.15) is 17.6 Å². The third-order valence-corrected chi connectivity index (χ3v) is 2.22. The van der Waals surface area contributed by atoms with Gasteiger partial charge < -0.3 is 4.74 Å². The Bertz CT molecular complexity index is 500. The lowest BCUT2D eigenvalue weighted by Gasteiger charge is -2.14. The number of carbonyl (C=O) groups excluding carboxylic acids is 1. The first kappa shape index (κ1) is 16.3. The molecule has 0 amide bonds. The van der Waals surface area contributed by atoms with E-state index in [9.17, 15) is 31.1 Å². The van der Waals surface area contributed by atoms with Crippen LogP contribution in [0.3, 0.4) is 0 Å². The second-order valence-electron chi connectivity index (χ2n) is 3.65. The molecule has 0 fully saturated rings. The van der Waals surface area contributed by atoms with Gasteiger partial charge in [0, 0.05) is 0 Å². The van der Waals surface area contributed by atoms with Crippen LogP contribution in [0, 0.1) is 5.95 Å². The minimum atomic E-state index is -5.15. The highest BCUT2D eigenvalue weighted by Crippen LogP contribution is 2.35. The molecule has 0 aliphatic heterocycles. The third kappa shape index (κ3) is 3.84. The van der Waals surface area contributed by atoms with Crippen molar-refractivity contribution in [2.45, 2.75) is 25.9 Å². The van der Waals surface area contributed by atoms with Gasteiger partial charge in [-0.15, -0.1) is 0 Å². The van der Waals surface area contributed by atoms with Gasteiger partial charge in [0.2, 0.25) is 5.95 Å². The maximum atomic E-state index is 13.3. The molecule has 0 saturated carbocycles. The SMILES string of the molecule is CCOC(=O)Cc1cc(C(F)F)nc(F)c1C(F)(F)F. The van der Waals surface area contributed by atoms with E-state index in [0.29, 0.717) is 6.07 Å². The second kappa shape index (κ2) is 6.10. The molecule has 0 bridgehead atoms. The van der Waals surface area contributed by atoms with Crippen LogP contribution in [-0.2, 0) is 22.1 Å². The number of pyridine rings is 1. The monoisotopic (exact) mass is 301 g/mol. The number of ether oxygens (including phenoxy) is 1. The summed E-state index contributed by atoms with van der Waals surface area (Å²) in [5, 5.41) is 0. The summed E-state index contributed by atoms with van der Waals surface area (Å²) in [6.07, 6.45) is -9.38. The maximum absolute atomic E-state index is 13.3. The second-order valence-corrected chi connectivity index (χ2v) is 3.65. The van der Waals surface area contributed by atoms with Crippen LogP contribution in [0.5, 0.6) is 0 Å². The molecular formula is C11H9F6NO2. The van der Waals surface area contributed by atoms with Crippen LogP contribution in [0.4, 0.5) is 26.3 Å². The highest BCUT2D eigenvalue weighted by atomic mass is 19.4. The fraction of sp³-hybridized carbons (Fsp3) is 0.455. The van der Waals surface area contributed by atoms with E-state index in [1.54, 1.807) is 0 Å². The Morgan fingerprint density at radius 3 is 2.45 bits per heavy atom. The normalized spacial score (nSPS) is 11.8. The molecule has 0 radical (unpaired) electrons. The molecule has 1 heterocycles. The van der Waals surface area contributed by atoms with Crippen LogP contribution >= 0.6 is 0 Å². The van der Waals surface area contributed by atoms with E-state index in [1.165, 1.54) is 6.92 Å². The molecule has 0 atom stereocenters. The van der Waals surface area contributed by atoms with Gasteiger partial charge in [0.1, 0.15) is 11.3 Å². The van der Waals surface area contributed by atoms with Gasteiger partial charge in [0.25, 0.3) is 6.43 Å². The number of halogens is 6. The minimum Gasteiger partial charge on any atom is -0.466 e. The average Bonchev–Trinajstić information content (AvgIpc) is 2.26. The number of nitrogens with zero attached hydrogens (tertiary/aromatic N) is 1. The molecule has 112 valence electrons. The molecule has 0 aliphatic carbocycles. The van der Waals surface area contributed by atoms with E-state index in [0.717, 1.165) is 0 Å². The van der Waals surface area contributed by atoms with Crippen molar-refractivity contribution in [1.29, 1.82) is 0 Å². The van der Waals surface area contributed by atoms with Crippen molar-refractivity contribution >= 4 is 5.97 Å². The van der Waals surface area contributed by atoms with Gasteiger partial charge in [-0.1, -0.05) is 0 Å². The quantitative estimate of drug-likeness (QED) is 0.487. The first-order chi connectivity index (χ1) is 9.16. The summed E-state index contributed by atoms with van der Waals surface area (Å²) < 4.78 is 80.5. The summed E-state index contributed by atoms with van der Waals surface area (Å²) in [7, 11) is 0. The summed E-state index contributed by atoms with van der Waals surface area (Å²) in [6.45, 7) is 1.32. The lowest BCUT2D eigenvalue weighted by atomic mass is 10.0. The van der Waals surface area contributed by atoms with Crippen molar-refractivity contribution in [1.82, 2.24) is 4.98 Å². The van der Waals surface area contributed by atoms with Crippen LogP contribution in [0.25, 0.3) is 0 Å². The molecule has 20 heavy (non-hydrogen) atoms. The van der Waals surface area contributed by atoms with E-state index in [-0.39, 0.29) is 6.61 Å². The van der Waals surface area contributed by atoms with Crippen LogP contribution < -0.4 is 0 Å². The summed E-state index contributed by atoms with van der Waals surface area (Å²) in [6, 6.07) is 0.355. The van der Waals surface area contributed by atoms with E-state index in [1.807, 2.05) is 0 Å². The van der Waals surface area contributed by atoms with Crippen LogP contribution in [-0.4, -0.2) is 17.6 Å². The fourth-order valence-corrected chi connectivity index (χ4v) is 1.50. The Hall–Kier alpha value is -1.80. The predicted molar refractivity (Wildman–Crippen MR) is 54.5 cm³/mol. The Balaban J connectivity index is 3.32. The van der Waals surface area contributed by atoms with E-state index in [2.05, 4.69) is 9.72 Å². The molecule has 0 spiro atoms. The summed E-state index contributed by atoms with van der Waals surface area (Å²) in [5.74, 6) is -3.17. The minimum absolute atomic E-state index is 0.102. The van der Waals surface area contributed by atoms with Crippen molar-refractivity contribution in [2.24, 2.45) is 0 Å². The largest absolute Gasteiger partial charge is 0.466 e. The predicted octanol–water partition coefficient (Wildman–Crippen LogP) is 3.28. The topological polar surface area (TPSA) is 39.2 Å². The molecule has 0 N–H and O–H groups in total. The highest BCUT2D eigenvalue weighted by molar-refractivity contribution is 5.73. The van der Waals surface area contributed by atoms with Gasteiger partial charge >= 0.3 is 12.1 Å². The summed E-state index contributed by atoms with van der Waals surface area (Å²) in [4.78, 5) is 13.7. The molecule has 1 rings (SSSR count). The van der Waals surface area contributed by atoms with E-state index in [4.69, 9.17) is 0 Å². The third-order valence-electron chi connectivity index (χ3n) is 2.22. The van der Waals surface area contributed by atoms with Crippen molar-refractivity contribution in [3.63, 3.8) is 0 Å². The smallest absolute Gasteiger partial charge is 0.421 e. The molecule has 3 nitrogen and oxygen atoms in total. The first-order valence-corrected chi connectivity index (χ1v) is 5.37. The summed E-state index contributed by atoms with van der Waals surface area (Å²) in [5.41, 5.74) is -3.94. The molecule has 9 heteroatoms. The first-order valence-electron chi connectivity index (χ1n) is 5.37. The Morgan fingerprint density at radius 2 is 2.00 bits per heavy atom. The van der Waals surface area contributed by atoms with Crippen LogP contribution in [0.2, 0.25) is 0 Å². The lowest BCUT2D eigenvalue weighted by molar-refractivity contribution is -0.144. The van der Waals surface area contributed by atoms with Crippen LogP contribution in [0.1, 0.15) is 30.2 Å². The van der Waals surface area contributed by atoms with Crippen LogP contribution in [0.15, 0.2) is 6.07 Å². The Labute approximate surface area is 109 Å². The maximum Gasteiger partial charge on any atom is 0.421 e. The van der Waals surface area contributed by atoms with Crippen molar-refractivity contribution < 1.29 is 35.9 Å². The van der Waals surface area contributed by atoms with Gasteiger partial charge in [-0.05, 0) is 18.6 Å². The molecule has 0 aliphatic rings. The zero-order valence-electron chi connectivity index (χ0n) is 10.1. The number of hydrogen-bond acceptors (Lipinski definition) is 3. The zero-order valence-corrected chi connectivity index (χ0v) is 10.1. The van der Waals surface area contributed by atoms with Crippen molar-refractivity contribution in [3.05, 3.63) is 28.8 Å². The van der Waals surface area contributed by atoms with Gasteiger partial charge in [-0.3, -0.25) is 4.79 Å². The number of alkyl halides is 5. The molecule has 0 saturated heterocycles. The molecule has 1 aromatic rings. The molecule has 1 aromatic heterocycles. The number of hydrogen-bond donors (Lipinski definition) is 0. The fourth-order valence-electron chi connectivity index (χ4n) is 1.50. The summed E-state index contributed by atoms with van der Waals surface area (Å²) >= 11 is 0. The standard InChI is InChI=1S/C11H9F6NO2/c1-2-20-7(19)4-5-3-6(9(12)13)18-10(14)8(5)11(15,16)17/h3,9H,2,4H2,1H3. The van der Waals surface area contributed by atoms with Gasteiger partial charge in [0.15, 0.2) is 0 Å². The van der Waals surface area contributed by atoms with E-state index >= 15 is 0 Å². The van der Waals surface area contributed by atoms with Gasteiger partial charge in [-0.25, -0.2) is 13.8 Å². The number of esters is 1. The molecule has 0 unspecified atom stereocenters. The van der Waals surface area contributed by atoms with Crippen molar-refractivity contribution in [3.8, 4) is 0 Å². The molecular weight excluding hydrogens is 292 g/mol. The number of carbonyl (C=O) groups is 1.